The van der Waals surface area contributed by atoms with Crippen molar-refractivity contribution in [3.63, 3.8) is 0 Å². The lowest BCUT2D eigenvalue weighted by Gasteiger charge is -2.26. The fraction of sp³-hybridized carbons (Fsp3) is 0.636. The standard InChI is InChI=1S/C22H32Cl2N2/c1-3-5-7-9-13-25-20-15-18(23)19(24)16-21(20)26(14-10-8-6-4-2)22(25)17-11-12-17/h15-16H,3-14H2,1-2H3. The quantitative estimate of drug-likeness (QED) is 0.373. The van der Waals surface area contributed by atoms with Crippen molar-refractivity contribution in [2.75, 3.05) is 22.9 Å². The van der Waals surface area contributed by atoms with Gasteiger partial charge in [0.05, 0.1) is 21.4 Å². The number of unbranched alkanes of at least 4 members (excludes halogenated alkanes) is 6. The zero-order valence-corrected chi connectivity index (χ0v) is 17.8. The smallest absolute Gasteiger partial charge is 0.112 e. The molecule has 4 heteroatoms. The van der Waals surface area contributed by atoms with Crippen LogP contribution < -0.4 is 9.80 Å². The predicted octanol–water partition coefficient (Wildman–Crippen LogP) is 7.79. The average molecular weight is 395 g/mol. The van der Waals surface area contributed by atoms with E-state index in [-0.39, 0.29) is 0 Å². The average Bonchev–Trinajstić information content (AvgIpc) is 3.42. The summed E-state index contributed by atoms with van der Waals surface area (Å²) in [5.41, 5.74) is 4.10. The number of benzene rings is 1. The highest BCUT2D eigenvalue weighted by Gasteiger charge is 2.36. The van der Waals surface area contributed by atoms with Gasteiger partial charge >= 0.3 is 0 Å². The van der Waals surface area contributed by atoms with E-state index in [0.717, 1.165) is 13.1 Å². The van der Waals surface area contributed by atoms with Crippen LogP contribution in [0.4, 0.5) is 11.4 Å². The van der Waals surface area contributed by atoms with Crippen molar-refractivity contribution >= 4 is 34.6 Å². The van der Waals surface area contributed by atoms with Gasteiger partial charge in [0.1, 0.15) is 5.82 Å². The summed E-state index contributed by atoms with van der Waals surface area (Å²) in [7, 11) is 0. The summed E-state index contributed by atoms with van der Waals surface area (Å²) in [5.74, 6) is 1.44. The molecule has 0 unspecified atom stereocenters. The summed E-state index contributed by atoms with van der Waals surface area (Å²) < 4.78 is 0. The van der Waals surface area contributed by atoms with Crippen molar-refractivity contribution < 1.29 is 0 Å². The molecular weight excluding hydrogens is 363 g/mol. The number of hydrogen-bond donors (Lipinski definition) is 0. The second-order valence-corrected chi connectivity index (χ2v) is 8.42. The van der Waals surface area contributed by atoms with E-state index in [2.05, 4.69) is 35.8 Å². The van der Waals surface area contributed by atoms with Crippen LogP contribution in [0.1, 0.15) is 78.1 Å². The molecule has 1 heterocycles. The SMILES string of the molecule is CCCCCCN1C(=C2CC2)N(CCCCCC)c2cc(Cl)c(Cl)cc21. The summed E-state index contributed by atoms with van der Waals surface area (Å²) >= 11 is 12.8. The molecule has 0 amide bonds. The van der Waals surface area contributed by atoms with Crippen molar-refractivity contribution in [3.05, 3.63) is 33.6 Å². The normalized spacial score (nSPS) is 15.8. The van der Waals surface area contributed by atoms with Gasteiger partial charge in [0.15, 0.2) is 0 Å². The fourth-order valence-corrected chi connectivity index (χ4v) is 4.16. The number of halogens is 2. The number of rotatable bonds is 10. The van der Waals surface area contributed by atoms with Crippen LogP contribution in [0.25, 0.3) is 0 Å². The van der Waals surface area contributed by atoms with E-state index < -0.39 is 0 Å². The molecule has 144 valence electrons. The minimum Gasteiger partial charge on any atom is -0.326 e. The lowest BCUT2D eigenvalue weighted by molar-refractivity contribution is 0.647. The highest BCUT2D eigenvalue weighted by Crippen LogP contribution is 2.49. The van der Waals surface area contributed by atoms with E-state index in [1.54, 1.807) is 5.57 Å². The van der Waals surface area contributed by atoms with Crippen molar-refractivity contribution in [2.24, 2.45) is 0 Å². The van der Waals surface area contributed by atoms with E-state index >= 15 is 0 Å². The molecule has 1 fully saturated rings. The summed E-state index contributed by atoms with van der Waals surface area (Å²) in [6, 6.07) is 4.15. The van der Waals surface area contributed by atoms with E-state index in [9.17, 15) is 0 Å². The second kappa shape index (κ2) is 9.37. The molecular formula is C22H32Cl2N2. The number of anilines is 2. The maximum absolute atomic E-state index is 6.38. The Kier molecular flexibility index (Phi) is 7.17. The van der Waals surface area contributed by atoms with Crippen molar-refractivity contribution in [1.29, 1.82) is 0 Å². The molecule has 1 aromatic rings. The highest BCUT2D eigenvalue weighted by molar-refractivity contribution is 6.42. The first-order valence-electron chi connectivity index (χ1n) is 10.4. The van der Waals surface area contributed by atoms with Gasteiger partial charge in [-0.25, -0.2) is 0 Å². The zero-order chi connectivity index (χ0) is 18.5. The number of fused-ring (bicyclic) bond motifs is 1. The molecule has 0 N–H and O–H groups in total. The Morgan fingerprint density at radius 2 is 1.19 bits per heavy atom. The Hall–Kier alpha value is -0.860. The largest absolute Gasteiger partial charge is 0.326 e. The second-order valence-electron chi connectivity index (χ2n) is 7.61. The monoisotopic (exact) mass is 394 g/mol. The first-order chi connectivity index (χ1) is 12.7. The molecule has 1 aliphatic heterocycles. The van der Waals surface area contributed by atoms with Gasteiger partial charge in [-0.2, -0.15) is 0 Å². The van der Waals surface area contributed by atoms with Crippen LogP contribution in [0.3, 0.4) is 0 Å². The molecule has 0 atom stereocenters. The first-order valence-corrected chi connectivity index (χ1v) is 11.2. The van der Waals surface area contributed by atoms with Gasteiger partial charge in [-0.3, -0.25) is 0 Å². The number of nitrogens with zero attached hydrogens (tertiary/aromatic N) is 2. The van der Waals surface area contributed by atoms with Gasteiger partial charge in [-0.05, 0) is 43.4 Å². The van der Waals surface area contributed by atoms with Gasteiger partial charge in [0.25, 0.3) is 0 Å². The van der Waals surface area contributed by atoms with Gasteiger partial charge in [0.2, 0.25) is 0 Å². The van der Waals surface area contributed by atoms with Gasteiger partial charge < -0.3 is 9.80 Å². The molecule has 0 saturated heterocycles. The topological polar surface area (TPSA) is 6.48 Å². The van der Waals surface area contributed by atoms with Crippen molar-refractivity contribution in [2.45, 2.75) is 78.1 Å². The highest BCUT2D eigenvalue weighted by atomic mass is 35.5. The van der Waals surface area contributed by atoms with Gasteiger partial charge in [-0.1, -0.05) is 75.6 Å². The lowest BCUT2D eigenvalue weighted by atomic mass is 10.2. The van der Waals surface area contributed by atoms with Crippen LogP contribution in [0.5, 0.6) is 0 Å². The third-order valence-corrected chi connectivity index (χ3v) is 6.12. The van der Waals surface area contributed by atoms with Crippen LogP contribution >= 0.6 is 23.2 Å². The molecule has 0 radical (unpaired) electrons. The summed E-state index contributed by atoms with van der Waals surface area (Å²) in [6.45, 7) is 6.69. The first kappa shape index (κ1) is 19.9. The Balaban J connectivity index is 1.85. The Bertz CT molecular complexity index is 601. The number of allylic oxidation sites excluding steroid dienone is 1. The Morgan fingerprint density at radius 3 is 1.58 bits per heavy atom. The molecule has 0 spiro atoms. The van der Waals surface area contributed by atoms with E-state index in [4.69, 9.17) is 23.2 Å². The van der Waals surface area contributed by atoms with Crippen LogP contribution in [0, 0.1) is 0 Å². The zero-order valence-electron chi connectivity index (χ0n) is 16.3. The van der Waals surface area contributed by atoms with Crippen LogP contribution in [-0.2, 0) is 0 Å². The maximum atomic E-state index is 6.38. The van der Waals surface area contributed by atoms with Crippen molar-refractivity contribution in [3.8, 4) is 0 Å². The van der Waals surface area contributed by atoms with Crippen LogP contribution in [0.2, 0.25) is 10.0 Å². The molecule has 2 nitrogen and oxygen atoms in total. The molecule has 2 aliphatic rings. The summed E-state index contributed by atoms with van der Waals surface area (Å²) in [4.78, 5) is 5.05. The third-order valence-electron chi connectivity index (χ3n) is 5.40. The van der Waals surface area contributed by atoms with Crippen molar-refractivity contribution in [1.82, 2.24) is 0 Å². The minimum absolute atomic E-state index is 0.664. The van der Waals surface area contributed by atoms with Crippen LogP contribution in [0.15, 0.2) is 23.5 Å². The molecule has 0 bridgehead atoms. The van der Waals surface area contributed by atoms with Gasteiger partial charge in [-0.15, -0.1) is 0 Å². The lowest BCUT2D eigenvalue weighted by Crippen LogP contribution is -2.30. The molecule has 1 aliphatic carbocycles. The maximum Gasteiger partial charge on any atom is 0.112 e. The molecule has 0 aromatic heterocycles. The summed E-state index contributed by atoms with van der Waals surface area (Å²) in [6.07, 6.45) is 12.7. The van der Waals surface area contributed by atoms with Gasteiger partial charge in [0, 0.05) is 13.1 Å². The minimum atomic E-state index is 0.664. The molecule has 1 aromatic carbocycles. The molecule has 26 heavy (non-hydrogen) atoms. The Labute approximate surface area is 169 Å². The summed E-state index contributed by atoms with van der Waals surface area (Å²) in [5, 5.41) is 1.33. The fourth-order valence-electron chi connectivity index (χ4n) is 3.85. The molecule has 3 rings (SSSR count). The Morgan fingerprint density at radius 1 is 0.731 bits per heavy atom. The van der Waals surface area contributed by atoms with E-state index in [1.165, 1.54) is 81.4 Å². The van der Waals surface area contributed by atoms with E-state index in [1.807, 2.05) is 0 Å². The molecule has 1 saturated carbocycles. The van der Waals surface area contributed by atoms with E-state index in [0.29, 0.717) is 10.0 Å². The third kappa shape index (κ3) is 4.51. The number of hydrogen-bond acceptors (Lipinski definition) is 2. The van der Waals surface area contributed by atoms with Crippen LogP contribution in [-0.4, -0.2) is 13.1 Å². The predicted molar refractivity (Wildman–Crippen MR) is 116 cm³/mol.